The van der Waals surface area contributed by atoms with Gasteiger partial charge in [0.2, 0.25) is 5.91 Å². The highest BCUT2D eigenvalue weighted by molar-refractivity contribution is 7.99. The van der Waals surface area contributed by atoms with Crippen molar-refractivity contribution < 1.29 is 9.53 Å². The van der Waals surface area contributed by atoms with Crippen molar-refractivity contribution in [2.24, 2.45) is 5.92 Å². The highest BCUT2D eigenvalue weighted by Gasteiger charge is 2.30. The van der Waals surface area contributed by atoms with Gasteiger partial charge in [-0.25, -0.2) is 9.89 Å². The van der Waals surface area contributed by atoms with Gasteiger partial charge >= 0.3 is 5.69 Å². The monoisotopic (exact) mass is 353 g/mol. The van der Waals surface area contributed by atoms with E-state index < -0.39 is 5.54 Å². The minimum absolute atomic E-state index is 0.0105. The quantitative estimate of drug-likeness (QED) is 0.704. The molecule has 24 heavy (non-hydrogen) atoms. The predicted octanol–water partition coefficient (Wildman–Crippen LogP) is 0.897. The first-order chi connectivity index (χ1) is 11.4. The first kappa shape index (κ1) is 18.5. The number of thioether (sulfide) groups is 1. The summed E-state index contributed by atoms with van der Waals surface area (Å²) in [5.41, 5.74) is -1.22. The molecule has 2 N–H and O–H groups in total. The summed E-state index contributed by atoms with van der Waals surface area (Å²) in [4.78, 5) is 24.0. The van der Waals surface area contributed by atoms with Crippen molar-refractivity contribution in [1.29, 1.82) is 5.26 Å². The van der Waals surface area contributed by atoms with E-state index >= 15 is 0 Å². The van der Waals surface area contributed by atoms with Crippen molar-refractivity contribution in [3.63, 3.8) is 0 Å². The maximum Gasteiger partial charge on any atom is 0.344 e. The number of ether oxygens (including phenoxy) is 1. The number of carbonyl (C=O) groups is 1. The molecule has 0 radical (unpaired) electrons. The Hall–Kier alpha value is -1.79. The molecule has 1 aromatic rings. The fourth-order valence-electron chi connectivity index (χ4n) is 2.32. The molecule has 132 valence electrons. The summed E-state index contributed by atoms with van der Waals surface area (Å²) in [7, 11) is 0. The van der Waals surface area contributed by atoms with E-state index in [1.165, 1.54) is 16.3 Å². The molecule has 2 rings (SSSR count). The van der Waals surface area contributed by atoms with Crippen LogP contribution in [0.4, 0.5) is 0 Å². The van der Waals surface area contributed by atoms with Gasteiger partial charge in [0, 0.05) is 6.61 Å². The number of rotatable bonds is 7. The zero-order chi connectivity index (χ0) is 17.7. The van der Waals surface area contributed by atoms with Gasteiger partial charge in [-0.2, -0.15) is 5.26 Å². The molecular weight excluding hydrogens is 330 g/mol. The molecule has 0 bridgehead atoms. The number of carbonyl (C=O) groups excluding carboxylic acids is 1. The summed E-state index contributed by atoms with van der Waals surface area (Å²) in [6, 6.07) is 2.14. The zero-order valence-corrected chi connectivity index (χ0v) is 15.0. The normalized spacial score (nSPS) is 19.9. The van der Waals surface area contributed by atoms with Crippen molar-refractivity contribution in [3.05, 3.63) is 10.5 Å². The van der Waals surface area contributed by atoms with Crippen LogP contribution in [-0.4, -0.2) is 44.7 Å². The van der Waals surface area contributed by atoms with E-state index in [9.17, 15) is 14.9 Å². The van der Waals surface area contributed by atoms with E-state index in [-0.39, 0.29) is 29.4 Å². The average Bonchev–Trinajstić information content (AvgIpc) is 3.17. The number of nitriles is 1. The van der Waals surface area contributed by atoms with Gasteiger partial charge in [-0.05, 0) is 25.7 Å². The van der Waals surface area contributed by atoms with Crippen molar-refractivity contribution in [2.45, 2.75) is 57.0 Å². The molecule has 1 saturated heterocycles. The Morgan fingerprint density at radius 2 is 2.42 bits per heavy atom. The SMILES string of the molecule is CC(C)[C@@](C)(C#N)NC(=O)CSc1n[nH]c(=O)n1C[C@@H]1CCCO1. The van der Waals surface area contributed by atoms with Gasteiger partial charge < -0.3 is 10.1 Å². The Morgan fingerprint density at radius 3 is 3.00 bits per heavy atom. The molecule has 2 heterocycles. The number of aromatic nitrogens is 3. The van der Waals surface area contributed by atoms with Gasteiger partial charge in [-0.3, -0.25) is 9.36 Å². The highest BCUT2D eigenvalue weighted by atomic mass is 32.2. The molecule has 1 aliphatic heterocycles. The van der Waals surface area contributed by atoms with Crippen LogP contribution in [0.25, 0.3) is 0 Å². The number of hydrogen-bond donors (Lipinski definition) is 2. The van der Waals surface area contributed by atoms with Gasteiger partial charge in [0.15, 0.2) is 5.16 Å². The third kappa shape index (κ3) is 4.39. The summed E-state index contributed by atoms with van der Waals surface area (Å²) >= 11 is 1.17. The first-order valence-electron chi connectivity index (χ1n) is 7.97. The molecule has 0 aliphatic carbocycles. The molecule has 0 saturated carbocycles. The van der Waals surface area contributed by atoms with Crippen LogP contribution in [0.1, 0.15) is 33.6 Å². The Kier molecular flexibility index (Phi) is 6.07. The van der Waals surface area contributed by atoms with Crippen LogP contribution in [0.5, 0.6) is 0 Å². The molecule has 1 aliphatic rings. The van der Waals surface area contributed by atoms with E-state index in [4.69, 9.17) is 4.74 Å². The van der Waals surface area contributed by atoms with Gasteiger partial charge in [-0.15, -0.1) is 5.10 Å². The lowest BCUT2D eigenvalue weighted by atomic mass is 9.90. The Labute approximate surface area is 144 Å². The minimum Gasteiger partial charge on any atom is -0.376 e. The summed E-state index contributed by atoms with van der Waals surface area (Å²) < 4.78 is 7.04. The lowest BCUT2D eigenvalue weighted by Gasteiger charge is -2.27. The van der Waals surface area contributed by atoms with E-state index in [1.807, 2.05) is 13.8 Å². The molecule has 0 spiro atoms. The minimum atomic E-state index is -0.916. The molecule has 1 aromatic heterocycles. The van der Waals surface area contributed by atoms with Crippen LogP contribution in [-0.2, 0) is 16.1 Å². The molecule has 1 fully saturated rings. The highest BCUT2D eigenvalue weighted by Crippen LogP contribution is 2.19. The van der Waals surface area contributed by atoms with Crippen LogP contribution < -0.4 is 11.0 Å². The second kappa shape index (κ2) is 7.85. The number of nitrogens with zero attached hydrogens (tertiary/aromatic N) is 3. The lowest BCUT2D eigenvalue weighted by Crippen LogP contribution is -2.49. The zero-order valence-electron chi connectivity index (χ0n) is 14.2. The maximum absolute atomic E-state index is 12.1. The molecule has 9 heteroatoms. The van der Waals surface area contributed by atoms with E-state index in [1.54, 1.807) is 6.92 Å². The maximum atomic E-state index is 12.1. The van der Waals surface area contributed by atoms with Gasteiger partial charge in [0.05, 0.1) is 24.5 Å². The number of amides is 1. The summed E-state index contributed by atoms with van der Waals surface area (Å²) in [5.74, 6) is -0.198. The third-order valence-corrected chi connectivity index (χ3v) is 5.23. The fourth-order valence-corrected chi connectivity index (χ4v) is 3.08. The summed E-state index contributed by atoms with van der Waals surface area (Å²) in [6.07, 6.45) is 1.91. The second-order valence-corrected chi connectivity index (χ2v) is 7.31. The van der Waals surface area contributed by atoms with Crippen LogP contribution >= 0.6 is 11.8 Å². The van der Waals surface area contributed by atoms with Crippen molar-refractivity contribution >= 4 is 17.7 Å². The number of nitrogens with one attached hydrogen (secondary N) is 2. The van der Waals surface area contributed by atoms with Crippen molar-refractivity contribution in [1.82, 2.24) is 20.1 Å². The van der Waals surface area contributed by atoms with E-state index in [2.05, 4.69) is 21.6 Å². The first-order valence-corrected chi connectivity index (χ1v) is 8.96. The van der Waals surface area contributed by atoms with Crippen LogP contribution in [0.3, 0.4) is 0 Å². The number of H-pyrrole nitrogens is 1. The van der Waals surface area contributed by atoms with Crippen LogP contribution in [0, 0.1) is 17.2 Å². The molecule has 2 atom stereocenters. The lowest BCUT2D eigenvalue weighted by molar-refractivity contribution is -0.120. The van der Waals surface area contributed by atoms with Gasteiger partial charge in [0.1, 0.15) is 5.54 Å². The van der Waals surface area contributed by atoms with E-state index in [0.717, 1.165) is 12.8 Å². The molecule has 0 unspecified atom stereocenters. The third-order valence-electron chi connectivity index (χ3n) is 4.25. The summed E-state index contributed by atoms with van der Waals surface area (Å²) in [5, 5.41) is 18.8. The Balaban J connectivity index is 1.96. The number of hydrogen-bond acceptors (Lipinski definition) is 6. The van der Waals surface area contributed by atoms with E-state index in [0.29, 0.717) is 18.3 Å². The standard InChI is InChI=1S/C15H23N5O3S/c1-10(2)15(3,9-16)17-12(21)8-24-14-19-18-13(22)20(14)7-11-5-4-6-23-11/h10-11H,4-8H2,1-3H3,(H,17,21)(H,18,22)/t11-,15+/m0/s1. The second-order valence-electron chi connectivity index (χ2n) is 6.36. The summed E-state index contributed by atoms with van der Waals surface area (Å²) in [6.45, 7) is 6.60. The number of aromatic amines is 1. The fraction of sp³-hybridized carbons (Fsp3) is 0.733. The van der Waals surface area contributed by atoms with Crippen LogP contribution in [0.2, 0.25) is 0 Å². The average molecular weight is 353 g/mol. The Morgan fingerprint density at radius 1 is 1.67 bits per heavy atom. The predicted molar refractivity (Wildman–Crippen MR) is 89.5 cm³/mol. The van der Waals surface area contributed by atoms with Gasteiger partial charge in [-0.1, -0.05) is 25.6 Å². The van der Waals surface area contributed by atoms with Crippen LogP contribution in [0.15, 0.2) is 9.95 Å². The Bertz CT molecular complexity index is 671. The topological polar surface area (TPSA) is 113 Å². The smallest absolute Gasteiger partial charge is 0.344 e. The molecule has 8 nitrogen and oxygen atoms in total. The molecule has 1 amide bonds. The van der Waals surface area contributed by atoms with Crippen molar-refractivity contribution in [3.8, 4) is 6.07 Å². The molecule has 0 aromatic carbocycles. The molecular formula is C15H23N5O3S. The largest absolute Gasteiger partial charge is 0.376 e. The van der Waals surface area contributed by atoms with Crippen molar-refractivity contribution in [2.75, 3.05) is 12.4 Å². The van der Waals surface area contributed by atoms with Gasteiger partial charge in [0.25, 0.3) is 0 Å².